The van der Waals surface area contributed by atoms with E-state index in [4.69, 9.17) is 0 Å². The Morgan fingerprint density at radius 1 is 1.25 bits per heavy atom. The standard InChI is InChI=1S/C13H13NO2/c1-10-4-2-5-11(8-10)9-14-7-3-6-12(15)13(14)16/h2-8,15H,9H2,1H3. The first-order valence-corrected chi connectivity index (χ1v) is 5.11. The average molecular weight is 215 g/mol. The van der Waals surface area contributed by atoms with Crippen molar-refractivity contribution in [2.24, 2.45) is 0 Å². The van der Waals surface area contributed by atoms with Crippen LogP contribution in [0.1, 0.15) is 11.1 Å². The zero-order chi connectivity index (χ0) is 11.5. The number of rotatable bonds is 2. The van der Waals surface area contributed by atoms with Crippen LogP contribution >= 0.6 is 0 Å². The summed E-state index contributed by atoms with van der Waals surface area (Å²) < 4.78 is 1.49. The molecule has 0 amide bonds. The minimum atomic E-state index is -0.357. The molecule has 0 atom stereocenters. The Morgan fingerprint density at radius 2 is 2.06 bits per heavy atom. The van der Waals surface area contributed by atoms with Crippen molar-refractivity contribution in [3.8, 4) is 5.75 Å². The van der Waals surface area contributed by atoms with Gasteiger partial charge in [-0.2, -0.15) is 0 Å². The van der Waals surface area contributed by atoms with Gasteiger partial charge in [0.25, 0.3) is 5.56 Å². The van der Waals surface area contributed by atoms with Crippen LogP contribution in [0.4, 0.5) is 0 Å². The summed E-state index contributed by atoms with van der Waals surface area (Å²) in [5.74, 6) is -0.213. The van der Waals surface area contributed by atoms with Gasteiger partial charge in [0.05, 0.1) is 6.54 Å². The quantitative estimate of drug-likeness (QED) is 0.831. The van der Waals surface area contributed by atoms with E-state index in [9.17, 15) is 9.90 Å². The number of aromatic nitrogens is 1. The summed E-state index contributed by atoms with van der Waals surface area (Å²) in [5.41, 5.74) is 1.85. The molecule has 2 aromatic rings. The second-order valence-corrected chi connectivity index (χ2v) is 3.82. The Balaban J connectivity index is 2.34. The molecule has 1 aromatic carbocycles. The van der Waals surface area contributed by atoms with E-state index in [0.29, 0.717) is 6.54 Å². The Hall–Kier alpha value is -2.03. The first-order valence-electron chi connectivity index (χ1n) is 5.11. The molecule has 2 rings (SSSR count). The highest BCUT2D eigenvalue weighted by molar-refractivity contribution is 5.23. The number of benzene rings is 1. The third-order valence-electron chi connectivity index (χ3n) is 2.44. The maximum atomic E-state index is 11.6. The van der Waals surface area contributed by atoms with Crippen molar-refractivity contribution in [2.45, 2.75) is 13.5 Å². The molecule has 0 saturated carbocycles. The van der Waals surface area contributed by atoms with Crippen LogP contribution in [0.25, 0.3) is 0 Å². The molecule has 1 aromatic heterocycles. The highest BCUT2D eigenvalue weighted by Gasteiger charge is 2.01. The lowest BCUT2D eigenvalue weighted by atomic mass is 10.1. The Kier molecular flexibility index (Phi) is 2.77. The molecule has 0 spiro atoms. The largest absolute Gasteiger partial charge is 0.503 e. The van der Waals surface area contributed by atoms with Gasteiger partial charge in [-0.3, -0.25) is 4.79 Å². The number of nitrogens with zero attached hydrogens (tertiary/aromatic N) is 1. The molecule has 0 aliphatic rings. The first-order chi connectivity index (χ1) is 7.66. The van der Waals surface area contributed by atoms with Crippen molar-refractivity contribution in [1.29, 1.82) is 0 Å². The molecule has 0 aliphatic heterocycles. The summed E-state index contributed by atoms with van der Waals surface area (Å²) in [7, 11) is 0. The lowest BCUT2D eigenvalue weighted by Crippen LogP contribution is -2.19. The molecular weight excluding hydrogens is 202 g/mol. The third-order valence-corrected chi connectivity index (χ3v) is 2.44. The van der Waals surface area contributed by atoms with Crippen LogP contribution in [-0.2, 0) is 6.54 Å². The van der Waals surface area contributed by atoms with Crippen molar-refractivity contribution in [1.82, 2.24) is 4.57 Å². The van der Waals surface area contributed by atoms with Gasteiger partial charge in [-0.05, 0) is 24.6 Å². The molecule has 0 fully saturated rings. The molecule has 1 N–H and O–H groups in total. The fourth-order valence-electron chi connectivity index (χ4n) is 1.66. The molecule has 3 nitrogen and oxygen atoms in total. The minimum absolute atomic E-state index is 0.213. The molecule has 1 heterocycles. The van der Waals surface area contributed by atoms with Gasteiger partial charge in [-0.1, -0.05) is 29.8 Å². The lowest BCUT2D eigenvalue weighted by Gasteiger charge is -2.06. The van der Waals surface area contributed by atoms with E-state index >= 15 is 0 Å². The number of hydrogen-bond acceptors (Lipinski definition) is 2. The fourth-order valence-corrected chi connectivity index (χ4v) is 1.66. The van der Waals surface area contributed by atoms with Crippen LogP contribution in [0, 0.1) is 6.92 Å². The smallest absolute Gasteiger partial charge is 0.292 e. The van der Waals surface area contributed by atoms with Gasteiger partial charge in [-0.15, -0.1) is 0 Å². The van der Waals surface area contributed by atoms with E-state index < -0.39 is 0 Å². The SMILES string of the molecule is Cc1cccc(Cn2cccc(O)c2=O)c1. The average Bonchev–Trinajstić information content (AvgIpc) is 2.25. The summed E-state index contributed by atoms with van der Waals surface area (Å²) in [6, 6.07) is 11.0. The van der Waals surface area contributed by atoms with Crippen molar-refractivity contribution < 1.29 is 5.11 Å². The normalized spacial score (nSPS) is 10.3. The van der Waals surface area contributed by atoms with Gasteiger partial charge in [0.15, 0.2) is 5.75 Å². The molecule has 3 heteroatoms. The summed E-state index contributed by atoms with van der Waals surface area (Å²) in [6.45, 7) is 2.49. The van der Waals surface area contributed by atoms with E-state index in [0.717, 1.165) is 11.1 Å². The van der Waals surface area contributed by atoms with Crippen molar-refractivity contribution >= 4 is 0 Å². The molecule has 16 heavy (non-hydrogen) atoms. The minimum Gasteiger partial charge on any atom is -0.503 e. The molecule has 0 saturated heterocycles. The van der Waals surface area contributed by atoms with Crippen LogP contribution < -0.4 is 5.56 Å². The fraction of sp³-hybridized carbons (Fsp3) is 0.154. The van der Waals surface area contributed by atoms with Gasteiger partial charge in [0.2, 0.25) is 0 Å². The van der Waals surface area contributed by atoms with E-state index in [1.807, 2.05) is 31.2 Å². The first kappa shape index (κ1) is 10.5. The van der Waals surface area contributed by atoms with E-state index in [-0.39, 0.29) is 11.3 Å². The molecule has 0 bridgehead atoms. The van der Waals surface area contributed by atoms with Crippen LogP contribution in [0.5, 0.6) is 5.75 Å². The number of hydrogen-bond donors (Lipinski definition) is 1. The molecule has 0 unspecified atom stereocenters. The maximum Gasteiger partial charge on any atom is 0.292 e. The highest BCUT2D eigenvalue weighted by Crippen LogP contribution is 2.06. The third kappa shape index (κ3) is 2.14. The van der Waals surface area contributed by atoms with E-state index in [1.54, 1.807) is 12.3 Å². The topological polar surface area (TPSA) is 42.2 Å². The number of aromatic hydroxyl groups is 1. The van der Waals surface area contributed by atoms with Gasteiger partial charge in [-0.25, -0.2) is 0 Å². The summed E-state index contributed by atoms with van der Waals surface area (Å²) in [4.78, 5) is 11.6. The Bertz CT molecular complexity index is 558. The van der Waals surface area contributed by atoms with Crippen LogP contribution in [0.15, 0.2) is 47.4 Å². The predicted molar refractivity (Wildman–Crippen MR) is 62.6 cm³/mol. The van der Waals surface area contributed by atoms with Crippen molar-refractivity contribution in [3.05, 3.63) is 64.1 Å². The second kappa shape index (κ2) is 4.23. The summed E-state index contributed by atoms with van der Waals surface area (Å²) >= 11 is 0. The van der Waals surface area contributed by atoms with Crippen LogP contribution in [0.2, 0.25) is 0 Å². The van der Waals surface area contributed by atoms with E-state index in [2.05, 4.69) is 0 Å². The maximum absolute atomic E-state index is 11.6. The summed E-state index contributed by atoms with van der Waals surface area (Å²) in [5, 5.41) is 9.30. The second-order valence-electron chi connectivity index (χ2n) is 3.82. The molecular formula is C13H13NO2. The monoisotopic (exact) mass is 215 g/mol. The summed E-state index contributed by atoms with van der Waals surface area (Å²) in [6.07, 6.45) is 1.67. The molecule has 82 valence electrons. The Labute approximate surface area is 93.6 Å². The highest BCUT2D eigenvalue weighted by atomic mass is 16.3. The molecule has 0 aliphatic carbocycles. The lowest BCUT2D eigenvalue weighted by molar-refractivity contribution is 0.459. The van der Waals surface area contributed by atoms with E-state index in [1.165, 1.54) is 10.6 Å². The van der Waals surface area contributed by atoms with Crippen LogP contribution in [0.3, 0.4) is 0 Å². The predicted octanol–water partition coefficient (Wildman–Crippen LogP) is 1.91. The Morgan fingerprint density at radius 3 is 2.81 bits per heavy atom. The molecule has 0 radical (unpaired) electrons. The van der Waals surface area contributed by atoms with Gasteiger partial charge in [0.1, 0.15) is 0 Å². The van der Waals surface area contributed by atoms with Gasteiger partial charge >= 0.3 is 0 Å². The van der Waals surface area contributed by atoms with Gasteiger partial charge in [0, 0.05) is 6.20 Å². The zero-order valence-electron chi connectivity index (χ0n) is 9.05. The van der Waals surface area contributed by atoms with Crippen molar-refractivity contribution in [3.63, 3.8) is 0 Å². The van der Waals surface area contributed by atoms with Crippen molar-refractivity contribution in [2.75, 3.05) is 0 Å². The van der Waals surface area contributed by atoms with Crippen LogP contribution in [-0.4, -0.2) is 9.67 Å². The number of aryl methyl sites for hydroxylation is 1. The van der Waals surface area contributed by atoms with Gasteiger partial charge < -0.3 is 9.67 Å². The zero-order valence-corrected chi connectivity index (χ0v) is 9.05. The number of pyridine rings is 1.